The number of hydrogen-bond acceptors (Lipinski definition) is 2. The largest absolute Gasteiger partial charge is 0.300 e. The van der Waals surface area contributed by atoms with Gasteiger partial charge in [0.1, 0.15) is 5.65 Å². The number of allylic oxidation sites excluding steroid dienone is 1. The Labute approximate surface area is 247 Å². The average molecular weight is 548 g/mol. The van der Waals surface area contributed by atoms with Gasteiger partial charge in [-0.05, 0) is 126 Å². The van der Waals surface area contributed by atoms with Crippen molar-refractivity contribution < 1.29 is 0 Å². The molecule has 3 heteroatoms. The zero-order valence-corrected chi connectivity index (χ0v) is 23.4. The highest BCUT2D eigenvalue weighted by atomic mass is 15.0. The van der Waals surface area contributed by atoms with E-state index in [0.717, 1.165) is 40.6 Å². The van der Waals surface area contributed by atoms with Crippen LogP contribution in [0.3, 0.4) is 0 Å². The first-order valence-electron chi connectivity index (χ1n) is 14.9. The molecule has 3 heterocycles. The van der Waals surface area contributed by atoms with Gasteiger partial charge in [0.25, 0.3) is 0 Å². The molecule has 0 saturated carbocycles. The Balaban J connectivity index is 1.13. The Morgan fingerprint density at radius 1 is 0.605 bits per heavy atom. The minimum atomic E-state index is 0.963. The van der Waals surface area contributed by atoms with E-state index in [-0.39, 0.29) is 0 Å². The highest BCUT2D eigenvalue weighted by molar-refractivity contribution is 6.25. The molecule has 1 aliphatic rings. The lowest BCUT2D eigenvalue weighted by atomic mass is 9.83. The Morgan fingerprint density at radius 3 is 2.28 bits per heavy atom. The van der Waals surface area contributed by atoms with Crippen molar-refractivity contribution in [2.75, 3.05) is 0 Å². The first kappa shape index (κ1) is 23.1. The van der Waals surface area contributed by atoms with Gasteiger partial charge in [0.05, 0.1) is 11.0 Å². The normalized spacial score (nSPS) is 13.5. The number of hydrogen-bond donors (Lipinski definition) is 0. The van der Waals surface area contributed by atoms with E-state index in [4.69, 9.17) is 4.98 Å². The molecule has 9 aromatic rings. The van der Waals surface area contributed by atoms with E-state index >= 15 is 0 Å². The minimum Gasteiger partial charge on any atom is -0.300 e. The fourth-order valence-corrected chi connectivity index (χ4v) is 7.50. The molecule has 3 nitrogen and oxygen atoms in total. The van der Waals surface area contributed by atoms with Crippen LogP contribution in [0.2, 0.25) is 0 Å². The second kappa shape index (κ2) is 8.50. The van der Waals surface area contributed by atoms with E-state index in [0.29, 0.717) is 0 Å². The van der Waals surface area contributed by atoms with Gasteiger partial charge >= 0.3 is 0 Å². The van der Waals surface area contributed by atoms with Gasteiger partial charge in [-0.3, -0.25) is 9.38 Å². The highest BCUT2D eigenvalue weighted by Gasteiger charge is 2.19. The molecule has 0 radical (unpaired) electrons. The maximum Gasteiger partial charge on any atom is 0.138 e. The lowest BCUT2D eigenvalue weighted by Crippen LogP contribution is -2.01. The number of pyridine rings is 2. The van der Waals surface area contributed by atoms with Crippen LogP contribution >= 0.6 is 0 Å². The first-order chi connectivity index (χ1) is 21.3. The van der Waals surface area contributed by atoms with Crippen LogP contribution in [-0.2, 0) is 6.42 Å². The lowest BCUT2D eigenvalue weighted by Gasteiger charge is -2.21. The molecular formula is C40H25N3. The Kier molecular flexibility index (Phi) is 4.56. The zero-order chi connectivity index (χ0) is 28.1. The maximum atomic E-state index is 5.01. The van der Waals surface area contributed by atoms with Crippen LogP contribution in [0.1, 0.15) is 23.1 Å². The Bertz CT molecular complexity index is 2590. The van der Waals surface area contributed by atoms with Crippen molar-refractivity contribution in [1.29, 1.82) is 0 Å². The summed E-state index contributed by atoms with van der Waals surface area (Å²) in [5.41, 5.74) is 11.0. The van der Waals surface area contributed by atoms with Crippen LogP contribution in [-0.4, -0.2) is 14.4 Å². The fourth-order valence-electron chi connectivity index (χ4n) is 7.50. The van der Waals surface area contributed by atoms with Crippen molar-refractivity contribution in [3.63, 3.8) is 0 Å². The smallest absolute Gasteiger partial charge is 0.138 e. The third kappa shape index (κ3) is 3.30. The van der Waals surface area contributed by atoms with E-state index in [2.05, 4.69) is 113 Å². The summed E-state index contributed by atoms with van der Waals surface area (Å²) in [4.78, 5) is 9.18. The van der Waals surface area contributed by atoms with Crippen molar-refractivity contribution in [2.45, 2.75) is 12.8 Å². The number of aromatic nitrogens is 3. The van der Waals surface area contributed by atoms with Crippen LogP contribution < -0.4 is 0 Å². The molecule has 0 atom stereocenters. The maximum absolute atomic E-state index is 5.01. The number of benzene rings is 6. The second-order valence-electron chi connectivity index (χ2n) is 11.8. The lowest BCUT2D eigenvalue weighted by molar-refractivity contribution is 1.01. The predicted molar refractivity (Wildman–Crippen MR) is 180 cm³/mol. The van der Waals surface area contributed by atoms with Gasteiger partial charge in [0.2, 0.25) is 0 Å². The molecule has 200 valence electrons. The van der Waals surface area contributed by atoms with E-state index in [1.807, 2.05) is 24.5 Å². The molecule has 0 unspecified atom stereocenters. The van der Waals surface area contributed by atoms with Crippen LogP contribution in [0.25, 0.3) is 82.5 Å². The Morgan fingerprint density at radius 2 is 1.40 bits per heavy atom. The second-order valence-corrected chi connectivity index (χ2v) is 11.8. The van der Waals surface area contributed by atoms with E-state index in [1.165, 1.54) is 65.4 Å². The number of fused-ring (bicyclic) bond motifs is 6. The number of nitrogens with zero attached hydrogens (tertiary/aromatic N) is 3. The monoisotopic (exact) mass is 547 g/mol. The zero-order valence-electron chi connectivity index (χ0n) is 23.4. The average Bonchev–Trinajstić information content (AvgIpc) is 3.43. The standard InChI is InChI=1S/C40H25N3/c1-2-25-4-5-27-8-11-32(34-13-9-26(3-1)39(25)40(27)34)30-10-12-33-29(20-30)6-7-31-21-36-37(23-35(31)33)43-19-16-28(22-38(43)42-36)24-14-17-41-18-15-24/h1-9,11,13-23H,10,12H2. The molecule has 0 amide bonds. The number of rotatable bonds is 2. The van der Waals surface area contributed by atoms with Gasteiger partial charge < -0.3 is 0 Å². The van der Waals surface area contributed by atoms with E-state index in [9.17, 15) is 0 Å². The van der Waals surface area contributed by atoms with Gasteiger partial charge in [0, 0.05) is 18.6 Å². The molecule has 6 aromatic carbocycles. The van der Waals surface area contributed by atoms with Gasteiger partial charge in [-0.2, -0.15) is 0 Å². The van der Waals surface area contributed by atoms with Crippen LogP contribution in [0.5, 0.6) is 0 Å². The molecule has 43 heavy (non-hydrogen) atoms. The van der Waals surface area contributed by atoms with Crippen molar-refractivity contribution in [1.82, 2.24) is 14.4 Å². The molecule has 0 bridgehead atoms. The minimum absolute atomic E-state index is 0.963. The van der Waals surface area contributed by atoms with Crippen molar-refractivity contribution >= 4 is 71.4 Å². The van der Waals surface area contributed by atoms with Crippen LogP contribution in [0, 0.1) is 0 Å². The number of imidazole rings is 1. The van der Waals surface area contributed by atoms with Gasteiger partial charge in [-0.25, -0.2) is 4.98 Å². The van der Waals surface area contributed by atoms with Gasteiger partial charge in [0.15, 0.2) is 0 Å². The van der Waals surface area contributed by atoms with E-state index < -0.39 is 0 Å². The van der Waals surface area contributed by atoms with Crippen molar-refractivity contribution in [2.24, 2.45) is 0 Å². The summed E-state index contributed by atoms with van der Waals surface area (Å²) in [6.07, 6.45) is 10.3. The Hall–Kier alpha value is -5.54. The quantitative estimate of drug-likeness (QED) is 0.202. The molecule has 10 rings (SSSR count). The molecule has 1 aliphatic carbocycles. The molecule has 0 fully saturated rings. The summed E-state index contributed by atoms with van der Waals surface area (Å²) in [6, 6.07) is 38.0. The summed E-state index contributed by atoms with van der Waals surface area (Å²) in [7, 11) is 0. The molecule has 0 saturated heterocycles. The topological polar surface area (TPSA) is 30.2 Å². The van der Waals surface area contributed by atoms with Gasteiger partial charge in [-0.15, -0.1) is 0 Å². The molecule has 0 N–H and O–H groups in total. The fraction of sp³-hybridized carbons (Fsp3) is 0.0500. The summed E-state index contributed by atoms with van der Waals surface area (Å²) < 4.78 is 2.22. The van der Waals surface area contributed by atoms with Crippen molar-refractivity contribution in [3.05, 3.63) is 138 Å². The molecule has 0 spiro atoms. The third-order valence-electron chi connectivity index (χ3n) is 9.55. The summed E-state index contributed by atoms with van der Waals surface area (Å²) in [6.45, 7) is 0. The SMILES string of the molecule is C1=C(c2ccc3ccc4cccc5ccc2c3c45)CCc2c1ccc1cc3nc4cc(-c5ccncc5)ccn4c3cc21. The van der Waals surface area contributed by atoms with Crippen LogP contribution in [0.15, 0.2) is 122 Å². The molecular weight excluding hydrogens is 522 g/mol. The summed E-state index contributed by atoms with van der Waals surface area (Å²) in [5, 5.41) is 10.7. The molecule has 0 aliphatic heterocycles. The van der Waals surface area contributed by atoms with Gasteiger partial charge in [-0.1, -0.05) is 72.8 Å². The molecule has 3 aromatic heterocycles. The summed E-state index contributed by atoms with van der Waals surface area (Å²) >= 11 is 0. The third-order valence-corrected chi connectivity index (χ3v) is 9.55. The predicted octanol–water partition coefficient (Wildman–Crippen LogP) is 10.1. The highest BCUT2D eigenvalue weighted by Crippen LogP contribution is 2.42. The number of aryl methyl sites for hydroxylation is 1. The van der Waals surface area contributed by atoms with Crippen LogP contribution in [0.4, 0.5) is 0 Å². The van der Waals surface area contributed by atoms with E-state index in [1.54, 1.807) is 0 Å². The first-order valence-corrected chi connectivity index (χ1v) is 14.9. The van der Waals surface area contributed by atoms with Crippen molar-refractivity contribution in [3.8, 4) is 11.1 Å². The summed E-state index contributed by atoms with van der Waals surface area (Å²) in [5.74, 6) is 0.